The van der Waals surface area contributed by atoms with E-state index in [4.69, 9.17) is 9.47 Å². The molecule has 1 rings (SSSR count). The van der Waals surface area contributed by atoms with E-state index in [1.54, 1.807) is 6.08 Å². The van der Waals surface area contributed by atoms with Crippen LogP contribution in [-0.4, -0.2) is 107 Å². The number of aliphatic hydroxyl groups is 5. The molecular weight excluding hydrogens is 875 g/mol. The highest BCUT2D eigenvalue weighted by Gasteiger charge is 2.48. The second-order valence-corrected chi connectivity index (χ2v) is 20.7. The largest absolute Gasteiger partial charge is 0.397 e. The number of hydrogen-bond donors (Lipinski definition) is 7. The number of carbonyl (C=O) groups excluding carboxylic acids is 1. The van der Waals surface area contributed by atoms with E-state index in [0.29, 0.717) is 12.8 Å². The summed E-state index contributed by atoms with van der Waals surface area (Å²) in [7, 11) is -5.12. The van der Waals surface area contributed by atoms with Crippen molar-refractivity contribution in [2.75, 3.05) is 13.2 Å². The summed E-state index contributed by atoms with van der Waals surface area (Å²) >= 11 is 0. The van der Waals surface area contributed by atoms with Crippen LogP contribution < -0.4 is 5.32 Å². The van der Waals surface area contributed by atoms with Crippen LogP contribution in [0.2, 0.25) is 0 Å². The molecular formula is C53H103NO12S. The third-order valence-electron chi connectivity index (χ3n) is 13.4. The molecule has 1 aliphatic heterocycles. The molecule has 0 aromatic rings. The highest BCUT2D eigenvalue weighted by Crippen LogP contribution is 2.26. The van der Waals surface area contributed by atoms with Crippen LogP contribution in [0.4, 0.5) is 0 Å². The first-order chi connectivity index (χ1) is 32.4. The Labute approximate surface area is 409 Å². The van der Waals surface area contributed by atoms with Gasteiger partial charge in [0.1, 0.15) is 30.5 Å². The fraction of sp³-hybridized carbons (Fsp3) is 0.943. The van der Waals surface area contributed by atoms with E-state index < -0.39 is 78.5 Å². The Hall–Kier alpha value is -1.20. The Morgan fingerprint density at radius 1 is 0.597 bits per heavy atom. The van der Waals surface area contributed by atoms with E-state index in [-0.39, 0.29) is 6.42 Å². The van der Waals surface area contributed by atoms with Crippen LogP contribution in [0, 0.1) is 0 Å². The van der Waals surface area contributed by atoms with Crippen molar-refractivity contribution in [3.05, 3.63) is 12.2 Å². The molecule has 0 radical (unpaired) electrons. The molecule has 0 spiro atoms. The van der Waals surface area contributed by atoms with Gasteiger partial charge in [0.05, 0.1) is 25.4 Å². The normalized spacial score (nSPS) is 20.4. The van der Waals surface area contributed by atoms with Gasteiger partial charge in [-0.1, -0.05) is 251 Å². The van der Waals surface area contributed by atoms with E-state index >= 15 is 0 Å². The third kappa shape index (κ3) is 35.5. The number of rotatable bonds is 48. The van der Waals surface area contributed by atoms with E-state index in [1.807, 2.05) is 6.08 Å². The number of ether oxygens (including phenoxy) is 2. The van der Waals surface area contributed by atoms with Crippen molar-refractivity contribution in [3.8, 4) is 0 Å². The van der Waals surface area contributed by atoms with Crippen LogP contribution in [0.15, 0.2) is 12.2 Å². The summed E-state index contributed by atoms with van der Waals surface area (Å²) in [6, 6.07) is -1.12. The zero-order valence-electron chi connectivity index (χ0n) is 42.6. The molecule has 1 fully saturated rings. The van der Waals surface area contributed by atoms with Gasteiger partial charge in [0.2, 0.25) is 5.91 Å². The minimum atomic E-state index is -5.12. The summed E-state index contributed by atoms with van der Waals surface area (Å²) in [4.78, 5) is 13.2. The summed E-state index contributed by atoms with van der Waals surface area (Å²) in [5.74, 6) is -0.696. The van der Waals surface area contributed by atoms with Crippen molar-refractivity contribution in [3.63, 3.8) is 0 Å². The van der Waals surface area contributed by atoms with E-state index in [0.717, 1.165) is 38.5 Å². The maximum Gasteiger partial charge on any atom is 0.397 e. The van der Waals surface area contributed by atoms with E-state index in [2.05, 4.69) is 23.3 Å². The maximum atomic E-state index is 13.2. The van der Waals surface area contributed by atoms with Gasteiger partial charge in [-0.25, -0.2) is 4.18 Å². The lowest BCUT2D eigenvalue weighted by Crippen LogP contribution is -2.61. The standard InChI is InChI=1S/C53H103NO12S/c1-3-5-7-9-11-13-15-17-19-21-22-23-24-26-28-30-32-34-36-38-40-42-47(57)52(60)54-45(44-64-53-50(59)51(66-67(61,62)63)49(58)48(43-55)65-53)46(56)41-39-37-35-33-31-29-27-25-20-18-16-14-12-10-8-6-4-2/h39,41,45-51,53,55-59H,3-38,40,42-44H2,1-2H3,(H,54,60)(H,61,62,63)/b41-39+. The summed E-state index contributed by atoms with van der Waals surface area (Å²) in [6.45, 7) is 3.26. The lowest BCUT2D eigenvalue weighted by molar-refractivity contribution is -0.298. The highest BCUT2D eigenvalue weighted by atomic mass is 32.3. The Kier molecular flexibility index (Phi) is 41.5. The zero-order valence-corrected chi connectivity index (χ0v) is 43.4. The van der Waals surface area contributed by atoms with Crippen molar-refractivity contribution in [2.45, 2.75) is 307 Å². The summed E-state index contributed by atoms with van der Waals surface area (Å²) < 4.78 is 47.7. The fourth-order valence-electron chi connectivity index (χ4n) is 9.05. The van der Waals surface area contributed by atoms with Gasteiger partial charge in [0, 0.05) is 0 Å². The van der Waals surface area contributed by atoms with Gasteiger partial charge in [-0.15, -0.1) is 0 Å². The number of unbranched alkanes of at least 4 members (excludes halogenated alkanes) is 35. The lowest BCUT2D eigenvalue weighted by atomic mass is 9.99. The SMILES string of the molecule is CCCCCCCCCCCCCCCCC/C=C/C(O)C(COC1OC(CO)C(O)C(OS(=O)(=O)O)C1O)NC(=O)C(O)CCCCCCCCCCCCCCCCCCCCCCC. The first-order valence-corrected chi connectivity index (χ1v) is 29.0. The number of amides is 1. The average Bonchev–Trinajstić information content (AvgIpc) is 3.30. The first kappa shape index (κ1) is 63.8. The summed E-state index contributed by atoms with van der Waals surface area (Å²) in [6.07, 6.45) is 38.6. The van der Waals surface area contributed by atoms with Gasteiger partial charge in [-0.2, -0.15) is 8.42 Å². The molecule has 0 saturated carbocycles. The predicted octanol–water partition coefficient (Wildman–Crippen LogP) is 11.3. The van der Waals surface area contributed by atoms with Gasteiger partial charge in [0.25, 0.3) is 0 Å². The molecule has 14 heteroatoms. The minimum absolute atomic E-state index is 0.249. The molecule has 0 aromatic heterocycles. The molecule has 1 heterocycles. The topological polar surface area (TPSA) is 212 Å². The van der Waals surface area contributed by atoms with Crippen LogP contribution >= 0.6 is 0 Å². The van der Waals surface area contributed by atoms with Gasteiger partial charge in [-0.3, -0.25) is 9.35 Å². The van der Waals surface area contributed by atoms with Crippen LogP contribution in [-0.2, 0) is 28.9 Å². The van der Waals surface area contributed by atoms with Crippen LogP contribution in [0.1, 0.15) is 258 Å². The van der Waals surface area contributed by atoms with Crippen molar-refractivity contribution >= 4 is 16.3 Å². The van der Waals surface area contributed by atoms with Crippen molar-refractivity contribution in [1.82, 2.24) is 5.32 Å². The first-order valence-electron chi connectivity index (χ1n) is 27.7. The van der Waals surface area contributed by atoms with Crippen LogP contribution in [0.5, 0.6) is 0 Å². The van der Waals surface area contributed by atoms with E-state index in [1.165, 1.54) is 186 Å². The molecule has 398 valence electrons. The molecule has 7 N–H and O–H groups in total. The van der Waals surface area contributed by atoms with Gasteiger partial charge >= 0.3 is 10.4 Å². The van der Waals surface area contributed by atoms with Crippen molar-refractivity contribution < 1.29 is 57.0 Å². The molecule has 1 saturated heterocycles. The Balaban J connectivity index is 2.45. The monoisotopic (exact) mass is 978 g/mol. The molecule has 13 nitrogen and oxygen atoms in total. The molecule has 1 amide bonds. The second-order valence-electron chi connectivity index (χ2n) is 19.7. The quantitative estimate of drug-likeness (QED) is 0.0172. The fourth-order valence-corrected chi connectivity index (χ4v) is 9.56. The minimum Gasteiger partial charge on any atom is -0.394 e. The number of allylic oxidation sites excluding steroid dienone is 1. The molecule has 8 atom stereocenters. The number of nitrogens with one attached hydrogen (secondary N) is 1. The van der Waals surface area contributed by atoms with Crippen molar-refractivity contribution in [1.29, 1.82) is 0 Å². The number of carbonyl (C=O) groups is 1. The lowest BCUT2D eigenvalue weighted by Gasteiger charge is -2.41. The Morgan fingerprint density at radius 3 is 1.34 bits per heavy atom. The van der Waals surface area contributed by atoms with Gasteiger partial charge < -0.3 is 40.3 Å². The summed E-state index contributed by atoms with van der Waals surface area (Å²) in [5.41, 5.74) is 0. The number of hydrogen-bond acceptors (Lipinski definition) is 11. The Morgan fingerprint density at radius 2 is 0.970 bits per heavy atom. The van der Waals surface area contributed by atoms with Crippen LogP contribution in [0.25, 0.3) is 0 Å². The van der Waals surface area contributed by atoms with Crippen molar-refractivity contribution in [2.24, 2.45) is 0 Å². The van der Waals surface area contributed by atoms with Gasteiger partial charge in [-0.05, 0) is 19.3 Å². The molecule has 8 unspecified atom stereocenters. The van der Waals surface area contributed by atoms with E-state index in [9.17, 15) is 43.3 Å². The highest BCUT2D eigenvalue weighted by molar-refractivity contribution is 7.80. The molecule has 1 aliphatic rings. The second kappa shape index (κ2) is 43.6. The Bertz CT molecular complexity index is 1260. The van der Waals surface area contributed by atoms with Gasteiger partial charge in [0.15, 0.2) is 6.29 Å². The molecule has 0 aromatic carbocycles. The molecule has 67 heavy (non-hydrogen) atoms. The smallest absolute Gasteiger partial charge is 0.394 e. The molecule has 0 bridgehead atoms. The zero-order chi connectivity index (χ0) is 49.2. The predicted molar refractivity (Wildman–Crippen MR) is 270 cm³/mol. The maximum absolute atomic E-state index is 13.2. The summed E-state index contributed by atoms with van der Waals surface area (Å²) in [5, 5.41) is 55.5. The molecule has 0 aliphatic carbocycles. The van der Waals surface area contributed by atoms with Crippen LogP contribution in [0.3, 0.4) is 0 Å². The third-order valence-corrected chi connectivity index (χ3v) is 13.9. The average molecular weight is 978 g/mol. The number of aliphatic hydroxyl groups excluding tert-OH is 5.